The Balaban J connectivity index is 1.49. The summed E-state index contributed by atoms with van der Waals surface area (Å²) in [6.07, 6.45) is 1.88. The predicted molar refractivity (Wildman–Crippen MR) is 113 cm³/mol. The molecule has 2 aliphatic rings. The van der Waals surface area contributed by atoms with Gasteiger partial charge in [-0.1, -0.05) is 24.3 Å². The fourth-order valence-corrected chi connectivity index (χ4v) is 3.90. The number of anilines is 1. The zero-order valence-corrected chi connectivity index (χ0v) is 16.4. The second kappa shape index (κ2) is 8.50. The SMILES string of the molecule is COc1ccccc1N=C1NC(=O)/C(=C/c2ccc(N3CCOCC3)cc2)S1. The van der Waals surface area contributed by atoms with Gasteiger partial charge in [0, 0.05) is 18.8 Å². The van der Waals surface area contributed by atoms with E-state index in [0.29, 0.717) is 21.5 Å². The molecule has 0 radical (unpaired) electrons. The van der Waals surface area contributed by atoms with Crippen molar-refractivity contribution >= 4 is 40.3 Å². The molecule has 0 bridgehead atoms. The summed E-state index contributed by atoms with van der Waals surface area (Å²) in [6.45, 7) is 3.33. The summed E-state index contributed by atoms with van der Waals surface area (Å²) in [4.78, 5) is 19.7. The molecule has 7 heteroatoms. The van der Waals surface area contributed by atoms with E-state index in [9.17, 15) is 4.79 Å². The summed E-state index contributed by atoms with van der Waals surface area (Å²) in [7, 11) is 1.60. The van der Waals surface area contributed by atoms with Gasteiger partial charge in [0.2, 0.25) is 0 Å². The van der Waals surface area contributed by atoms with Crippen LogP contribution in [0, 0.1) is 0 Å². The number of hydrogen-bond acceptors (Lipinski definition) is 6. The van der Waals surface area contributed by atoms with E-state index in [-0.39, 0.29) is 5.91 Å². The molecule has 2 saturated heterocycles. The van der Waals surface area contributed by atoms with Crippen molar-refractivity contribution in [2.24, 2.45) is 4.99 Å². The van der Waals surface area contributed by atoms with Crippen LogP contribution in [-0.2, 0) is 9.53 Å². The number of morpholine rings is 1. The molecule has 0 unspecified atom stereocenters. The lowest BCUT2D eigenvalue weighted by molar-refractivity contribution is -0.115. The first-order valence-corrected chi connectivity index (χ1v) is 9.90. The number of methoxy groups -OCH3 is 1. The highest BCUT2D eigenvalue weighted by Crippen LogP contribution is 2.32. The van der Waals surface area contributed by atoms with Crippen molar-refractivity contribution < 1.29 is 14.3 Å². The molecule has 1 amide bonds. The molecule has 6 nitrogen and oxygen atoms in total. The van der Waals surface area contributed by atoms with Crippen molar-refractivity contribution in [3.8, 4) is 5.75 Å². The molecule has 0 saturated carbocycles. The van der Waals surface area contributed by atoms with Crippen LogP contribution in [0.4, 0.5) is 11.4 Å². The molecular weight excluding hydrogens is 374 g/mol. The minimum absolute atomic E-state index is 0.143. The van der Waals surface area contributed by atoms with Crippen LogP contribution in [0.2, 0.25) is 0 Å². The second-order valence-electron chi connectivity index (χ2n) is 6.34. The Hall–Kier alpha value is -2.77. The van der Waals surface area contributed by atoms with Crippen molar-refractivity contribution in [2.45, 2.75) is 0 Å². The van der Waals surface area contributed by atoms with Crippen molar-refractivity contribution in [2.75, 3.05) is 38.3 Å². The number of nitrogens with one attached hydrogen (secondary N) is 1. The highest BCUT2D eigenvalue weighted by Gasteiger charge is 2.24. The highest BCUT2D eigenvalue weighted by atomic mass is 32.2. The lowest BCUT2D eigenvalue weighted by Crippen LogP contribution is -2.36. The smallest absolute Gasteiger partial charge is 0.264 e. The molecule has 0 atom stereocenters. The maximum atomic E-state index is 12.3. The number of amides is 1. The molecule has 2 fully saturated rings. The Bertz CT molecular complexity index is 919. The summed E-state index contributed by atoms with van der Waals surface area (Å²) < 4.78 is 10.7. The van der Waals surface area contributed by atoms with Crippen LogP contribution in [0.1, 0.15) is 5.56 Å². The van der Waals surface area contributed by atoms with Gasteiger partial charge in [-0.2, -0.15) is 0 Å². The standard InChI is InChI=1S/C21H21N3O3S/c1-26-18-5-3-2-4-17(18)22-21-23-20(25)19(28-21)14-15-6-8-16(9-7-15)24-10-12-27-13-11-24/h2-9,14H,10-13H2,1H3,(H,22,23,25)/b19-14-. The van der Waals surface area contributed by atoms with Gasteiger partial charge >= 0.3 is 0 Å². The maximum Gasteiger partial charge on any atom is 0.264 e. The number of hydrogen-bond donors (Lipinski definition) is 1. The van der Waals surface area contributed by atoms with Gasteiger partial charge in [-0.3, -0.25) is 4.79 Å². The number of para-hydroxylation sites is 2. The second-order valence-corrected chi connectivity index (χ2v) is 7.38. The summed E-state index contributed by atoms with van der Waals surface area (Å²) in [5.74, 6) is 0.525. The van der Waals surface area contributed by atoms with Gasteiger partial charge in [-0.15, -0.1) is 0 Å². The van der Waals surface area contributed by atoms with Crippen LogP contribution in [-0.4, -0.2) is 44.5 Å². The number of rotatable bonds is 4. The molecule has 28 heavy (non-hydrogen) atoms. The molecule has 0 spiro atoms. The number of aliphatic imine (C=N–C) groups is 1. The lowest BCUT2D eigenvalue weighted by Gasteiger charge is -2.28. The molecule has 144 valence electrons. The predicted octanol–water partition coefficient (Wildman–Crippen LogP) is 3.42. The van der Waals surface area contributed by atoms with Gasteiger partial charge in [0.25, 0.3) is 5.91 Å². The van der Waals surface area contributed by atoms with Crippen LogP contribution in [0.3, 0.4) is 0 Å². The van der Waals surface area contributed by atoms with E-state index in [2.05, 4.69) is 27.3 Å². The van der Waals surface area contributed by atoms with Crippen LogP contribution in [0.5, 0.6) is 5.75 Å². The zero-order chi connectivity index (χ0) is 19.3. The third-order valence-electron chi connectivity index (χ3n) is 4.53. The minimum atomic E-state index is -0.143. The van der Waals surface area contributed by atoms with Crippen molar-refractivity contribution in [3.63, 3.8) is 0 Å². The lowest BCUT2D eigenvalue weighted by atomic mass is 10.1. The number of carbonyl (C=O) groups excluding carboxylic acids is 1. The van der Waals surface area contributed by atoms with Gasteiger partial charge in [-0.25, -0.2) is 4.99 Å². The third-order valence-corrected chi connectivity index (χ3v) is 5.43. The Kier molecular flexibility index (Phi) is 5.64. The van der Waals surface area contributed by atoms with E-state index in [0.717, 1.165) is 31.9 Å². The Morgan fingerprint density at radius 1 is 1.14 bits per heavy atom. The van der Waals surface area contributed by atoms with E-state index in [4.69, 9.17) is 9.47 Å². The molecule has 2 aliphatic heterocycles. The largest absolute Gasteiger partial charge is 0.494 e. The molecule has 0 aliphatic carbocycles. The van der Waals surface area contributed by atoms with Gasteiger partial charge in [0.05, 0.1) is 25.2 Å². The first kappa shape index (κ1) is 18.6. The Morgan fingerprint density at radius 3 is 2.64 bits per heavy atom. The van der Waals surface area contributed by atoms with Gasteiger partial charge in [0.1, 0.15) is 11.4 Å². The van der Waals surface area contributed by atoms with Gasteiger partial charge in [0.15, 0.2) is 5.17 Å². The molecule has 2 heterocycles. The van der Waals surface area contributed by atoms with E-state index in [1.165, 1.54) is 17.4 Å². The van der Waals surface area contributed by atoms with Crippen molar-refractivity contribution in [1.29, 1.82) is 0 Å². The van der Waals surface area contributed by atoms with Crippen LogP contribution < -0.4 is 15.0 Å². The molecule has 1 N–H and O–H groups in total. The summed E-state index contributed by atoms with van der Waals surface area (Å²) in [5, 5.41) is 3.36. The summed E-state index contributed by atoms with van der Waals surface area (Å²) in [6, 6.07) is 15.7. The Morgan fingerprint density at radius 2 is 1.89 bits per heavy atom. The van der Waals surface area contributed by atoms with Gasteiger partial charge in [-0.05, 0) is 47.7 Å². The zero-order valence-electron chi connectivity index (χ0n) is 15.6. The molecular formula is C21H21N3O3S. The van der Waals surface area contributed by atoms with Crippen molar-refractivity contribution in [3.05, 3.63) is 59.0 Å². The van der Waals surface area contributed by atoms with Crippen LogP contribution in [0.15, 0.2) is 58.4 Å². The van der Waals surface area contributed by atoms with E-state index < -0.39 is 0 Å². The first-order chi connectivity index (χ1) is 13.7. The number of nitrogens with zero attached hydrogens (tertiary/aromatic N) is 2. The fraction of sp³-hybridized carbons (Fsp3) is 0.238. The number of thioether (sulfide) groups is 1. The van der Waals surface area contributed by atoms with E-state index >= 15 is 0 Å². The molecule has 2 aromatic rings. The van der Waals surface area contributed by atoms with Crippen LogP contribution >= 0.6 is 11.8 Å². The topological polar surface area (TPSA) is 63.2 Å². The number of ether oxygens (including phenoxy) is 2. The molecule has 0 aromatic heterocycles. The number of carbonyl (C=O) groups is 1. The average molecular weight is 395 g/mol. The third kappa shape index (κ3) is 4.21. The normalized spacial score (nSPS) is 19.9. The van der Waals surface area contributed by atoms with Crippen LogP contribution in [0.25, 0.3) is 6.08 Å². The molecule has 4 rings (SSSR count). The maximum absolute atomic E-state index is 12.3. The van der Waals surface area contributed by atoms with E-state index in [1.54, 1.807) is 7.11 Å². The monoisotopic (exact) mass is 395 g/mol. The summed E-state index contributed by atoms with van der Waals surface area (Å²) in [5.41, 5.74) is 2.84. The van der Waals surface area contributed by atoms with E-state index in [1.807, 2.05) is 42.5 Å². The summed E-state index contributed by atoms with van der Waals surface area (Å²) >= 11 is 1.33. The molecule has 2 aromatic carbocycles. The first-order valence-electron chi connectivity index (χ1n) is 9.08. The number of amidine groups is 1. The fourth-order valence-electron chi connectivity index (χ4n) is 3.07. The minimum Gasteiger partial charge on any atom is -0.494 e. The Labute approximate surface area is 168 Å². The van der Waals surface area contributed by atoms with Gasteiger partial charge < -0.3 is 19.7 Å². The number of benzene rings is 2. The quantitative estimate of drug-likeness (QED) is 0.804. The average Bonchev–Trinajstić information content (AvgIpc) is 3.08. The van der Waals surface area contributed by atoms with Crippen molar-refractivity contribution in [1.82, 2.24) is 5.32 Å². The highest BCUT2D eigenvalue weighted by molar-refractivity contribution is 8.18.